The predicted molar refractivity (Wildman–Crippen MR) is 154 cm³/mol. The van der Waals surface area contributed by atoms with Crippen molar-refractivity contribution in [1.29, 1.82) is 0 Å². The maximum atomic E-state index is 13.6. The summed E-state index contributed by atoms with van der Waals surface area (Å²) < 4.78 is 66.0. The second-order valence-corrected chi connectivity index (χ2v) is 13.5. The van der Waals surface area contributed by atoms with Crippen LogP contribution in [-0.2, 0) is 16.0 Å². The number of carbonyl (C=O) groups excluding carboxylic acids is 1. The number of aryl methyl sites for hydroxylation is 1. The Balaban J connectivity index is 1.77. The molecule has 0 bridgehead atoms. The Morgan fingerprint density at radius 2 is 1.62 bits per heavy atom. The van der Waals surface area contributed by atoms with E-state index in [0.717, 1.165) is 29.0 Å². The largest absolute Gasteiger partial charge is 0.416 e. The minimum Gasteiger partial charge on any atom is -0.322 e. The molecule has 0 atom stereocenters. The molecule has 40 heavy (non-hydrogen) atoms. The zero-order valence-electron chi connectivity index (χ0n) is 22.6. The van der Waals surface area contributed by atoms with Gasteiger partial charge in [0.15, 0.2) is 9.84 Å². The van der Waals surface area contributed by atoms with Gasteiger partial charge in [-0.25, -0.2) is 8.42 Å². The van der Waals surface area contributed by atoms with E-state index in [-0.39, 0.29) is 16.1 Å². The predicted octanol–water partition coefficient (Wildman–Crippen LogP) is 7.94. The quantitative estimate of drug-likeness (QED) is 0.223. The Morgan fingerprint density at radius 1 is 0.950 bits per heavy atom. The minimum atomic E-state index is -4.48. The van der Waals surface area contributed by atoms with Crippen LogP contribution in [0.25, 0.3) is 16.8 Å². The second-order valence-electron chi connectivity index (χ2n) is 9.80. The highest BCUT2D eigenvalue weighted by Crippen LogP contribution is 2.38. The van der Waals surface area contributed by atoms with Gasteiger partial charge in [0.25, 0.3) is 5.91 Å². The molecule has 0 saturated heterocycles. The highest BCUT2D eigenvalue weighted by Gasteiger charge is 2.31. The molecule has 1 aromatic heterocycles. The third-order valence-electron chi connectivity index (χ3n) is 6.30. The molecule has 4 aromatic rings. The van der Waals surface area contributed by atoms with E-state index in [1.165, 1.54) is 30.3 Å². The van der Waals surface area contributed by atoms with Crippen LogP contribution in [0.4, 0.5) is 18.9 Å². The van der Waals surface area contributed by atoms with E-state index < -0.39 is 21.6 Å². The van der Waals surface area contributed by atoms with E-state index in [1.807, 2.05) is 43.5 Å². The lowest BCUT2D eigenvalue weighted by Crippen LogP contribution is -2.13. The molecule has 1 heterocycles. The number of thioether (sulfide) groups is 1. The SMILES string of the molecule is Cc1cc(C(=O)Nc2ccc(S(C)(=O)=O)cc2)c(C)n1-c1ccc(SC(C)C)cc1-c1cccc(C(F)(F)F)c1. The third kappa shape index (κ3) is 6.45. The number of alkyl halides is 3. The normalized spacial score (nSPS) is 12.1. The number of nitrogens with one attached hydrogen (secondary N) is 1. The van der Waals surface area contributed by atoms with Crippen LogP contribution in [0.1, 0.15) is 41.2 Å². The summed E-state index contributed by atoms with van der Waals surface area (Å²) in [5, 5.41) is 3.07. The van der Waals surface area contributed by atoms with E-state index in [1.54, 1.807) is 30.8 Å². The molecule has 0 fully saturated rings. The molecular formula is C30H29F3N2O3S2. The van der Waals surface area contributed by atoms with Crippen LogP contribution in [0, 0.1) is 13.8 Å². The molecule has 1 amide bonds. The van der Waals surface area contributed by atoms with Gasteiger partial charge in [-0.2, -0.15) is 13.2 Å². The molecule has 0 radical (unpaired) electrons. The van der Waals surface area contributed by atoms with Gasteiger partial charge in [0, 0.05) is 39.0 Å². The zero-order chi connectivity index (χ0) is 29.4. The number of hydrogen-bond donors (Lipinski definition) is 1. The molecule has 0 aliphatic carbocycles. The molecule has 0 saturated carbocycles. The van der Waals surface area contributed by atoms with Crippen molar-refractivity contribution < 1.29 is 26.4 Å². The van der Waals surface area contributed by atoms with Gasteiger partial charge in [0.2, 0.25) is 0 Å². The van der Waals surface area contributed by atoms with Gasteiger partial charge in [0.1, 0.15) is 0 Å². The topological polar surface area (TPSA) is 68.2 Å². The summed E-state index contributed by atoms with van der Waals surface area (Å²) >= 11 is 1.61. The van der Waals surface area contributed by atoms with E-state index in [4.69, 9.17) is 0 Å². The Hall–Kier alpha value is -3.50. The Morgan fingerprint density at radius 3 is 2.23 bits per heavy atom. The lowest BCUT2D eigenvalue weighted by atomic mass is 10.0. The number of anilines is 1. The van der Waals surface area contributed by atoms with E-state index >= 15 is 0 Å². The maximum Gasteiger partial charge on any atom is 0.416 e. The number of rotatable bonds is 7. The van der Waals surface area contributed by atoms with Crippen molar-refractivity contribution in [3.63, 3.8) is 0 Å². The van der Waals surface area contributed by atoms with Crippen LogP contribution in [-0.4, -0.2) is 30.4 Å². The van der Waals surface area contributed by atoms with Crippen LogP contribution in [0.5, 0.6) is 0 Å². The highest BCUT2D eigenvalue weighted by atomic mass is 32.2. The average molecular weight is 587 g/mol. The van der Waals surface area contributed by atoms with Crippen molar-refractivity contribution in [3.05, 3.63) is 95.3 Å². The van der Waals surface area contributed by atoms with Crippen molar-refractivity contribution in [2.45, 2.75) is 48.9 Å². The second kappa shape index (κ2) is 11.2. The lowest BCUT2D eigenvalue weighted by Gasteiger charge is -2.18. The van der Waals surface area contributed by atoms with Crippen LogP contribution in [0.15, 0.2) is 82.6 Å². The molecule has 210 valence electrons. The van der Waals surface area contributed by atoms with Crippen molar-refractivity contribution in [2.24, 2.45) is 0 Å². The van der Waals surface area contributed by atoms with Gasteiger partial charge in [0.05, 0.1) is 21.7 Å². The molecule has 3 aromatic carbocycles. The number of sulfone groups is 1. The first kappa shape index (κ1) is 29.5. The summed E-state index contributed by atoms with van der Waals surface area (Å²) in [6, 6.07) is 18.5. The van der Waals surface area contributed by atoms with Crippen molar-refractivity contribution in [1.82, 2.24) is 4.57 Å². The van der Waals surface area contributed by atoms with Gasteiger partial charge in [-0.1, -0.05) is 26.0 Å². The molecule has 0 unspecified atom stereocenters. The van der Waals surface area contributed by atoms with E-state index in [9.17, 15) is 26.4 Å². The fourth-order valence-electron chi connectivity index (χ4n) is 4.50. The van der Waals surface area contributed by atoms with Crippen LogP contribution in [0.3, 0.4) is 0 Å². The summed E-state index contributed by atoms with van der Waals surface area (Å²) in [4.78, 5) is 14.3. The van der Waals surface area contributed by atoms with Crippen molar-refractivity contribution >= 4 is 33.2 Å². The average Bonchev–Trinajstić information content (AvgIpc) is 3.16. The minimum absolute atomic E-state index is 0.143. The fraction of sp³-hybridized carbons (Fsp3) is 0.233. The summed E-state index contributed by atoms with van der Waals surface area (Å²) in [5.74, 6) is -0.390. The number of amides is 1. The number of benzene rings is 3. The van der Waals surface area contributed by atoms with Gasteiger partial charge < -0.3 is 9.88 Å². The highest BCUT2D eigenvalue weighted by molar-refractivity contribution is 7.99. The Bertz CT molecular complexity index is 1670. The number of halogens is 3. The van der Waals surface area contributed by atoms with Crippen LogP contribution in [0.2, 0.25) is 0 Å². The maximum absolute atomic E-state index is 13.6. The van der Waals surface area contributed by atoms with Crippen molar-refractivity contribution in [2.75, 3.05) is 11.6 Å². The van der Waals surface area contributed by atoms with E-state index in [0.29, 0.717) is 33.8 Å². The van der Waals surface area contributed by atoms with Gasteiger partial charge in [-0.15, -0.1) is 11.8 Å². The number of aromatic nitrogens is 1. The Kier molecular flexibility index (Phi) is 8.23. The molecule has 5 nitrogen and oxygen atoms in total. The first-order valence-corrected chi connectivity index (χ1v) is 15.2. The number of carbonyl (C=O) groups is 1. The first-order valence-electron chi connectivity index (χ1n) is 12.4. The molecule has 0 aliphatic heterocycles. The van der Waals surface area contributed by atoms with Crippen molar-refractivity contribution in [3.8, 4) is 16.8 Å². The van der Waals surface area contributed by atoms with Gasteiger partial charge >= 0.3 is 6.18 Å². The summed E-state index contributed by atoms with van der Waals surface area (Å²) in [5.41, 5.74) is 3.11. The summed E-state index contributed by atoms with van der Waals surface area (Å²) in [7, 11) is -3.37. The molecular weight excluding hydrogens is 557 g/mol. The molecule has 1 N–H and O–H groups in total. The molecule has 10 heteroatoms. The fourth-order valence-corrected chi connectivity index (χ4v) is 6.00. The smallest absolute Gasteiger partial charge is 0.322 e. The Labute approximate surface area is 236 Å². The van der Waals surface area contributed by atoms with Crippen LogP contribution < -0.4 is 5.32 Å². The molecule has 4 rings (SSSR count). The molecule has 0 aliphatic rings. The van der Waals surface area contributed by atoms with E-state index in [2.05, 4.69) is 5.32 Å². The number of nitrogens with zero attached hydrogens (tertiary/aromatic N) is 1. The monoisotopic (exact) mass is 586 g/mol. The zero-order valence-corrected chi connectivity index (χ0v) is 24.3. The van der Waals surface area contributed by atoms with Gasteiger partial charge in [-0.3, -0.25) is 4.79 Å². The van der Waals surface area contributed by atoms with Gasteiger partial charge in [-0.05, 0) is 80.1 Å². The number of hydrogen-bond acceptors (Lipinski definition) is 4. The summed E-state index contributed by atoms with van der Waals surface area (Å²) in [6.07, 6.45) is -3.37. The summed E-state index contributed by atoms with van der Waals surface area (Å²) in [6.45, 7) is 7.70. The third-order valence-corrected chi connectivity index (χ3v) is 8.42. The standard InChI is InChI=1S/C30H29F3N2O3S2/c1-18(2)39-24-11-14-28(27(17-24)21-7-6-8-22(16-21)30(31,32)33)35-19(3)15-26(20(35)4)29(36)34-23-9-12-25(13-10-23)40(5,37)38/h6-18H,1-5H3,(H,34,36). The first-order chi connectivity index (χ1) is 18.6. The molecule has 0 spiro atoms. The van der Waals surface area contributed by atoms with Crippen LogP contribution >= 0.6 is 11.8 Å². The lowest BCUT2D eigenvalue weighted by molar-refractivity contribution is -0.137.